The molecule has 0 atom stereocenters. The van der Waals surface area contributed by atoms with Gasteiger partial charge in [0.2, 0.25) is 0 Å². The summed E-state index contributed by atoms with van der Waals surface area (Å²) in [5.74, 6) is 0. The SMILES string of the molecule is CCn1sc(=O)n(Cc2ccc(C(F)(F)F)cc2)c1=O. The Balaban J connectivity index is 2.30. The Bertz CT molecular complexity index is 710. The fourth-order valence-corrected chi connectivity index (χ4v) is 2.44. The highest BCUT2D eigenvalue weighted by Crippen LogP contribution is 2.29. The fraction of sp³-hybridized carbons (Fsp3) is 0.333. The van der Waals surface area contributed by atoms with Crippen LogP contribution >= 0.6 is 11.5 Å². The van der Waals surface area contributed by atoms with Crippen molar-refractivity contribution in [3.05, 3.63) is 55.5 Å². The van der Waals surface area contributed by atoms with E-state index in [0.29, 0.717) is 12.1 Å². The second-order valence-electron chi connectivity index (χ2n) is 4.12. The summed E-state index contributed by atoms with van der Waals surface area (Å²) in [7, 11) is 0. The molecule has 0 bridgehead atoms. The van der Waals surface area contributed by atoms with E-state index in [1.807, 2.05) is 0 Å². The van der Waals surface area contributed by atoms with Crippen molar-refractivity contribution < 1.29 is 13.2 Å². The van der Waals surface area contributed by atoms with Crippen molar-refractivity contribution >= 4 is 11.5 Å². The Kier molecular flexibility index (Phi) is 3.85. The van der Waals surface area contributed by atoms with Crippen LogP contribution in [-0.4, -0.2) is 8.52 Å². The molecule has 0 radical (unpaired) electrons. The highest BCUT2D eigenvalue weighted by molar-refractivity contribution is 7.03. The molecule has 0 N–H and O–H groups in total. The summed E-state index contributed by atoms with van der Waals surface area (Å²) in [6.45, 7) is 2.10. The van der Waals surface area contributed by atoms with Crippen molar-refractivity contribution in [2.24, 2.45) is 0 Å². The first-order valence-electron chi connectivity index (χ1n) is 5.80. The van der Waals surface area contributed by atoms with Gasteiger partial charge in [-0.2, -0.15) is 13.2 Å². The minimum absolute atomic E-state index is 0.0285. The van der Waals surface area contributed by atoms with E-state index >= 15 is 0 Å². The zero-order valence-electron chi connectivity index (χ0n) is 10.5. The van der Waals surface area contributed by atoms with E-state index in [1.54, 1.807) is 6.92 Å². The van der Waals surface area contributed by atoms with Gasteiger partial charge in [-0.05, 0) is 24.6 Å². The summed E-state index contributed by atoms with van der Waals surface area (Å²) in [6.07, 6.45) is -4.40. The largest absolute Gasteiger partial charge is 0.416 e. The Labute approximate surface area is 115 Å². The van der Waals surface area contributed by atoms with E-state index in [1.165, 1.54) is 16.1 Å². The molecule has 2 rings (SSSR count). The maximum absolute atomic E-state index is 12.4. The average molecular weight is 304 g/mol. The van der Waals surface area contributed by atoms with Gasteiger partial charge in [-0.25, -0.2) is 13.3 Å². The number of aromatic nitrogens is 2. The van der Waals surface area contributed by atoms with Gasteiger partial charge >= 0.3 is 16.7 Å². The molecule has 0 saturated carbocycles. The first-order valence-corrected chi connectivity index (χ1v) is 6.57. The van der Waals surface area contributed by atoms with Crippen molar-refractivity contribution in [2.75, 3.05) is 0 Å². The summed E-state index contributed by atoms with van der Waals surface area (Å²) in [5, 5.41) is 0. The molecular formula is C12H11F3N2O2S. The molecule has 108 valence electrons. The molecule has 1 heterocycles. The van der Waals surface area contributed by atoms with Gasteiger partial charge in [0.25, 0.3) is 0 Å². The summed E-state index contributed by atoms with van der Waals surface area (Å²) < 4.78 is 39.6. The summed E-state index contributed by atoms with van der Waals surface area (Å²) >= 11 is 0.799. The molecular weight excluding hydrogens is 293 g/mol. The first kappa shape index (κ1) is 14.6. The number of aryl methyl sites for hydroxylation is 1. The van der Waals surface area contributed by atoms with Crippen molar-refractivity contribution in [1.82, 2.24) is 8.52 Å². The van der Waals surface area contributed by atoms with Crippen LogP contribution in [0.25, 0.3) is 0 Å². The van der Waals surface area contributed by atoms with Gasteiger partial charge in [0.15, 0.2) is 0 Å². The van der Waals surface area contributed by atoms with Crippen LogP contribution in [-0.2, 0) is 19.3 Å². The van der Waals surface area contributed by atoms with Crippen molar-refractivity contribution in [2.45, 2.75) is 26.2 Å². The lowest BCUT2D eigenvalue weighted by atomic mass is 10.1. The maximum atomic E-state index is 12.4. The number of halogens is 3. The van der Waals surface area contributed by atoms with Crippen molar-refractivity contribution in [1.29, 1.82) is 0 Å². The van der Waals surface area contributed by atoms with E-state index in [0.717, 1.165) is 28.2 Å². The van der Waals surface area contributed by atoms with Gasteiger partial charge in [0, 0.05) is 18.1 Å². The second kappa shape index (κ2) is 5.28. The van der Waals surface area contributed by atoms with E-state index < -0.39 is 22.3 Å². The monoisotopic (exact) mass is 304 g/mol. The standard InChI is InChI=1S/C12H11F3N2O2S/c1-2-17-10(18)16(11(19)20-17)7-8-3-5-9(6-4-8)12(13,14)15/h3-6H,2,7H2,1H3. The third kappa shape index (κ3) is 2.84. The van der Waals surface area contributed by atoms with Gasteiger partial charge < -0.3 is 0 Å². The lowest BCUT2D eigenvalue weighted by Crippen LogP contribution is -2.29. The Morgan fingerprint density at radius 3 is 2.20 bits per heavy atom. The lowest BCUT2D eigenvalue weighted by Gasteiger charge is -2.07. The van der Waals surface area contributed by atoms with Crippen LogP contribution in [0.3, 0.4) is 0 Å². The van der Waals surface area contributed by atoms with Crippen LogP contribution in [0.5, 0.6) is 0 Å². The van der Waals surface area contributed by atoms with Gasteiger partial charge in [-0.1, -0.05) is 12.1 Å². The summed E-state index contributed by atoms with van der Waals surface area (Å²) in [5.41, 5.74) is -0.731. The zero-order valence-corrected chi connectivity index (χ0v) is 11.3. The quantitative estimate of drug-likeness (QED) is 0.872. The predicted octanol–water partition coefficient (Wildman–Crippen LogP) is 2.16. The van der Waals surface area contributed by atoms with Crippen LogP contribution in [0.15, 0.2) is 33.9 Å². The minimum atomic E-state index is -4.40. The molecule has 0 amide bonds. The third-order valence-electron chi connectivity index (χ3n) is 2.76. The van der Waals surface area contributed by atoms with E-state index in [4.69, 9.17) is 0 Å². The molecule has 2 aromatic rings. The number of benzene rings is 1. The highest BCUT2D eigenvalue weighted by atomic mass is 32.1. The molecule has 8 heteroatoms. The van der Waals surface area contributed by atoms with Crippen molar-refractivity contribution in [3.63, 3.8) is 0 Å². The van der Waals surface area contributed by atoms with Crippen LogP contribution in [0.2, 0.25) is 0 Å². The van der Waals surface area contributed by atoms with Crippen molar-refractivity contribution in [3.8, 4) is 0 Å². The van der Waals surface area contributed by atoms with Gasteiger partial charge in [0.05, 0.1) is 12.1 Å². The normalized spacial score (nSPS) is 11.8. The molecule has 0 aliphatic heterocycles. The molecule has 0 aliphatic carbocycles. The summed E-state index contributed by atoms with van der Waals surface area (Å²) in [6, 6.07) is 4.40. The second-order valence-corrected chi connectivity index (χ2v) is 5.09. The Morgan fingerprint density at radius 2 is 1.75 bits per heavy atom. The summed E-state index contributed by atoms with van der Waals surface area (Å²) in [4.78, 5) is 23.0. The highest BCUT2D eigenvalue weighted by Gasteiger charge is 2.29. The van der Waals surface area contributed by atoms with Crippen LogP contribution < -0.4 is 10.6 Å². The maximum Gasteiger partial charge on any atom is 0.416 e. The van der Waals surface area contributed by atoms with E-state index in [9.17, 15) is 22.8 Å². The smallest absolute Gasteiger partial charge is 0.255 e. The van der Waals surface area contributed by atoms with E-state index in [-0.39, 0.29) is 6.54 Å². The van der Waals surface area contributed by atoms with Gasteiger partial charge in [0.1, 0.15) is 0 Å². The van der Waals surface area contributed by atoms with E-state index in [2.05, 4.69) is 0 Å². The molecule has 20 heavy (non-hydrogen) atoms. The fourth-order valence-electron chi connectivity index (χ4n) is 1.71. The lowest BCUT2D eigenvalue weighted by molar-refractivity contribution is -0.137. The molecule has 4 nitrogen and oxygen atoms in total. The van der Waals surface area contributed by atoms with Crippen LogP contribution in [0.1, 0.15) is 18.1 Å². The van der Waals surface area contributed by atoms with Crippen LogP contribution in [0.4, 0.5) is 13.2 Å². The molecule has 0 saturated heterocycles. The van der Waals surface area contributed by atoms with Gasteiger partial charge in [-0.3, -0.25) is 4.79 Å². The predicted molar refractivity (Wildman–Crippen MR) is 69.1 cm³/mol. The number of nitrogens with zero attached hydrogens (tertiary/aromatic N) is 2. The van der Waals surface area contributed by atoms with Crippen LogP contribution in [0, 0.1) is 0 Å². The Morgan fingerprint density at radius 1 is 1.15 bits per heavy atom. The number of hydrogen-bond acceptors (Lipinski definition) is 3. The van der Waals surface area contributed by atoms with Gasteiger partial charge in [-0.15, -0.1) is 0 Å². The topological polar surface area (TPSA) is 44.0 Å². The molecule has 0 unspecified atom stereocenters. The molecule has 0 aliphatic rings. The molecule has 0 fully saturated rings. The molecule has 1 aromatic carbocycles. The number of rotatable bonds is 3. The molecule has 0 spiro atoms. The number of alkyl halides is 3. The zero-order chi connectivity index (χ0) is 14.9. The third-order valence-corrected chi connectivity index (χ3v) is 3.77. The number of hydrogen-bond donors (Lipinski definition) is 0. The first-order chi connectivity index (χ1) is 9.32. The average Bonchev–Trinajstić information content (AvgIpc) is 2.66. The molecule has 1 aromatic heterocycles. The Hall–Kier alpha value is -1.83. The minimum Gasteiger partial charge on any atom is -0.255 e.